The minimum absolute atomic E-state index is 0.0507. The van der Waals surface area contributed by atoms with Crippen LogP contribution in [0.1, 0.15) is 18.4 Å². The number of rotatable bonds is 7. The van der Waals surface area contributed by atoms with E-state index < -0.39 is 28.7 Å². The van der Waals surface area contributed by atoms with Gasteiger partial charge in [0.1, 0.15) is 6.54 Å². The number of methoxy groups -OCH3 is 3. The Labute approximate surface area is 186 Å². The molecular weight excluding hydrogens is 476 g/mol. The SMILES string of the molecule is COC(=O)CN1C(C)=C(C(=O)OC)[C@H](c2cccc([N+](=O)[O-])c2)C(C(=O)OC)=C1CBr. The maximum absolute atomic E-state index is 12.9. The van der Waals surface area contributed by atoms with Crippen LogP contribution < -0.4 is 0 Å². The van der Waals surface area contributed by atoms with Crippen LogP contribution in [0, 0.1) is 10.1 Å². The summed E-state index contributed by atoms with van der Waals surface area (Å²) < 4.78 is 14.6. The molecule has 31 heavy (non-hydrogen) atoms. The number of nitro benzene ring substituents is 1. The first-order chi connectivity index (χ1) is 14.7. The van der Waals surface area contributed by atoms with Crippen LogP contribution in [0.4, 0.5) is 5.69 Å². The van der Waals surface area contributed by atoms with Crippen LogP contribution in [0.5, 0.6) is 0 Å². The summed E-state index contributed by atoms with van der Waals surface area (Å²) in [5.41, 5.74) is 0.924. The van der Waals surface area contributed by atoms with E-state index in [0.29, 0.717) is 17.0 Å². The second kappa shape index (κ2) is 10.2. The average Bonchev–Trinajstić information content (AvgIpc) is 2.78. The van der Waals surface area contributed by atoms with Gasteiger partial charge in [-0.05, 0) is 12.5 Å². The molecule has 0 spiro atoms. The third-order valence-electron chi connectivity index (χ3n) is 4.88. The van der Waals surface area contributed by atoms with E-state index in [1.165, 1.54) is 44.4 Å². The van der Waals surface area contributed by atoms with E-state index in [2.05, 4.69) is 15.9 Å². The zero-order valence-corrected chi connectivity index (χ0v) is 18.9. The van der Waals surface area contributed by atoms with E-state index in [-0.39, 0.29) is 28.7 Å². The molecule has 0 aliphatic carbocycles. The lowest BCUT2D eigenvalue weighted by Gasteiger charge is -2.37. The van der Waals surface area contributed by atoms with Crippen molar-refractivity contribution < 1.29 is 33.5 Å². The van der Waals surface area contributed by atoms with Gasteiger partial charge in [-0.2, -0.15) is 0 Å². The van der Waals surface area contributed by atoms with Gasteiger partial charge in [-0.25, -0.2) is 9.59 Å². The summed E-state index contributed by atoms with van der Waals surface area (Å²) in [6.07, 6.45) is 0. The second-order valence-corrected chi connectivity index (χ2v) is 6.98. The Hall–Kier alpha value is -3.21. The average molecular weight is 497 g/mol. The summed E-state index contributed by atoms with van der Waals surface area (Å²) in [6, 6.07) is 5.61. The fourth-order valence-electron chi connectivity index (χ4n) is 3.44. The number of benzene rings is 1. The first-order valence-electron chi connectivity index (χ1n) is 8.96. The molecule has 0 N–H and O–H groups in total. The number of nitrogens with zero attached hydrogens (tertiary/aromatic N) is 2. The van der Waals surface area contributed by atoms with Crippen LogP contribution in [-0.2, 0) is 28.6 Å². The van der Waals surface area contributed by atoms with Crippen LogP contribution in [-0.4, -0.2) is 60.9 Å². The Morgan fingerprint density at radius 3 is 2.23 bits per heavy atom. The smallest absolute Gasteiger partial charge is 0.336 e. The highest BCUT2D eigenvalue weighted by Crippen LogP contribution is 2.43. The fourth-order valence-corrected chi connectivity index (χ4v) is 4.04. The van der Waals surface area contributed by atoms with E-state index in [1.807, 2.05) is 0 Å². The van der Waals surface area contributed by atoms with E-state index in [4.69, 9.17) is 14.2 Å². The van der Waals surface area contributed by atoms with E-state index in [0.717, 1.165) is 0 Å². The molecule has 1 heterocycles. The molecule has 0 saturated heterocycles. The maximum atomic E-state index is 12.9. The Morgan fingerprint density at radius 2 is 1.71 bits per heavy atom. The van der Waals surface area contributed by atoms with Gasteiger partial charge in [-0.15, -0.1) is 0 Å². The molecular formula is C20H21BrN2O8. The number of alkyl halides is 1. The molecule has 0 fully saturated rings. The molecule has 1 aliphatic heterocycles. The minimum atomic E-state index is -1.01. The molecule has 10 nitrogen and oxygen atoms in total. The Bertz CT molecular complexity index is 985. The fraction of sp³-hybridized carbons (Fsp3) is 0.350. The van der Waals surface area contributed by atoms with Crippen molar-refractivity contribution in [3.8, 4) is 0 Å². The first kappa shape index (κ1) is 24.1. The van der Waals surface area contributed by atoms with Gasteiger partial charge >= 0.3 is 17.9 Å². The lowest BCUT2D eigenvalue weighted by Crippen LogP contribution is -2.39. The molecule has 2 rings (SSSR count). The molecule has 0 unspecified atom stereocenters. The third kappa shape index (κ3) is 4.76. The zero-order valence-electron chi connectivity index (χ0n) is 17.3. The van der Waals surface area contributed by atoms with E-state index in [1.54, 1.807) is 13.0 Å². The van der Waals surface area contributed by atoms with Gasteiger partial charge in [0.2, 0.25) is 0 Å². The molecule has 0 bridgehead atoms. The summed E-state index contributed by atoms with van der Waals surface area (Å²) in [5.74, 6) is -3.12. The summed E-state index contributed by atoms with van der Waals surface area (Å²) in [4.78, 5) is 49.9. The van der Waals surface area contributed by atoms with Gasteiger partial charge in [-0.3, -0.25) is 14.9 Å². The molecule has 1 aromatic rings. The van der Waals surface area contributed by atoms with Gasteiger partial charge < -0.3 is 19.1 Å². The minimum Gasteiger partial charge on any atom is -0.468 e. The highest BCUT2D eigenvalue weighted by Gasteiger charge is 2.42. The van der Waals surface area contributed by atoms with Crippen LogP contribution in [0.3, 0.4) is 0 Å². The monoisotopic (exact) mass is 496 g/mol. The number of carbonyl (C=O) groups excluding carboxylic acids is 3. The zero-order chi connectivity index (χ0) is 23.3. The Balaban J connectivity index is 2.88. The van der Waals surface area contributed by atoms with Gasteiger partial charge in [0.05, 0.1) is 43.3 Å². The number of ether oxygens (including phenoxy) is 3. The van der Waals surface area contributed by atoms with Crippen molar-refractivity contribution >= 4 is 39.5 Å². The summed E-state index contributed by atoms with van der Waals surface area (Å²) in [6.45, 7) is 1.32. The first-order valence-corrected chi connectivity index (χ1v) is 10.1. The molecule has 0 saturated carbocycles. The second-order valence-electron chi connectivity index (χ2n) is 6.42. The summed E-state index contributed by atoms with van der Waals surface area (Å²) in [7, 11) is 3.58. The molecule has 1 aliphatic rings. The van der Waals surface area contributed by atoms with Crippen molar-refractivity contribution in [2.75, 3.05) is 33.2 Å². The normalized spacial score (nSPS) is 16.2. The summed E-state index contributed by atoms with van der Waals surface area (Å²) >= 11 is 3.33. The number of carbonyl (C=O) groups is 3. The molecule has 1 aromatic carbocycles. The van der Waals surface area contributed by atoms with Crippen molar-refractivity contribution in [2.45, 2.75) is 12.8 Å². The highest BCUT2D eigenvalue weighted by atomic mass is 79.9. The Kier molecular flexibility index (Phi) is 7.92. The quantitative estimate of drug-likeness (QED) is 0.184. The van der Waals surface area contributed by atoms with Gasteiger partial charge in [0.25, 0.3) is 5.69 Å². The van der Waals surface area contributed by atoms with Crippen molar-refractivity contribution in [3.05, 3.63) is 62.5 Å². The molecule has 0 amide bonds. The number of allylic oxidation sites excluding steroid dienone is 2. The molecule has 0 radical (unpaired) electrons. The predicted molar refractivity (Wildman–Crippen MR) is 112 cm³/mol. The van der Waals surface area contributed by atoms with E-state index in [9.17, 15) is 24.5 Å². The lowest BCUT2D eigenvalue weighted by atomic mass is 9.79. The summed E-state index contributed by atoms with van der Waals surface area (Å²) in [5, 5.41) is 11.4. The third-order valence-corrected chi connectivity index (χ3v) is 5.41. The maximum Gasteiger partial charge on any atom is 0.336 e. The van der Waals surface area contributed by atoms with Gasteiger partial charge in [0.15, 0.2) is 0 Å². The largest absolute Gasteiger partial charge is 0.468 e. The molecule has 0 aromatic heterocycles. The lowest BCUT2D eigenvalue weighted by molar-refractivity contribution is -0.384. The van der Waals surface area contributed by atoms with Gasteiger partial charge in [-0.1, -0.05) is 28.1 Å². The van der Waals surface area contributed by atoms with Crippen LogP contribution in [0.2, 0.25) is 0 Å². The van der Waals surface area contributed by atoms with Gasteiger partial charge in [0, 0.05) is 28.9 Å². The topological polar surface area (TPSA) is 125 Å². The number of hydrogen-bond acceptors (Lipinski definition) is 9. The number of esters is 3. The van der Waals surface area contributed by atoms with Crippen molar-refractivity contribution in [1.82, 2.24) is 4.90 Å². The Morgan fingerprint density at radius 1 is 1.10 bits per heavy atom. The van der Waals surface area contributed by atoms with Crippen LogP contribution in [0.15, 0.2) is 46.8 Å². The van der Waals surface area contributed by atoms with Crippen LogP contribution >= 0.6 is 15.9 Å². The van der Waals surface area contributed by atoms with E-state index >= 15 is 0 Å². The predicted octanol–water partition coefficient (Wildman–Crippen LogP) is 2.44. The van der Waals surface area contributed by atoms with Crippen molar-refractivity contribution in [2.24, 2.45) is 0 Å². The molecule has 11 heteroatoms. The van der Waals surface area contributed by atoms with Crippen molar-refractivity contribution in [3.63, 3.8) is 0 Å². The highest BCUT2D eigenvalue weighted by molar-refractivity contribution is 9.09. The molecule has 1 atom stereocenters. The molecule has 166 valence electrons. The number of nitro groups is 1. The van der Waals surface area contributed by atoms with Crippen molar-refractivity contribution in [1.29, 1.82) is 0 Å². The number of halogens is 1. The standard InChI is InChI=1S/C20H21BrN2O8/c1-11-16(19(25)30-3)17(12-6-5-7-13(8-12)23(27)28)18(20(26)31-4)14(9-21)22(11)10-15(24)29-2/h5-8,17H,9-10H2,1-4H3/t17-/m0/s1. The number of non-ortho nitro benzene ring substituents is 1. The van der Waals surface area contributed by atoms with Crippen LogP contribution in [0.25, 0.3) is 0 Å². The number of hydrogen-bond donors (Lipinski definition) is 0.